The number of carbonyl (C=O) groups is 1. The summed E-state index contributed by atoms with van der Waals surface area (Å²) in [7, 11) is 0. The molecule has 1 atom stereocenters. The average Bonchev–Trinajstić information content (AvgIpc) is 3.30. The lowest BCUT2D eigenvalue weighted by molar-refractivity contribution is -0.142. The van der Waals surface area contributed by atoms with Crippen LogP contribution in [0, 0.1) is 0 Å². The summed E-state index contributed by atoms with van der Waals surface area (Å²) in [6.45, 7) is 1.19. The van der Waals surface area contributed by atoms with Crippen LogP contribution in [0.25, 0.3) is 0 Å². The average molecular weight is 405 g/mol. The summed E-state index contributed by atoms with van der Waals surface area (Å²) in [4.78, 5) is 14.1. The fourth-order valence-corrected chi connectivity index (χ4v) is 3.05. The maximum absolute atomic E-state index is 13.0. The van der Waals surface area contributed by atoms with E-state index in [-0.39, 0.29) is 6.04 Å². The molecule has 1 aliphatic carbocycles. The zero-order valence-electron chi connectivity index (χ0n) is 14.8. The molecule has 0 aliphatic heterocycles. The van der Waals surface area contributed by atoms with Crippen molar-refractivity contribution in [3.05, 3.63) is 53.3 Å². The second kappa shape index (κ2) is 7.14. The maximum Gasteiger partial charge on any atom is 0.435 e. The third kappa shape index (κ3) is 4.48. The van der Waals surface area contributed by atoms with Gasteiger partial charge < -0.3 is 4.90 Å². The van der Waals surface area contributed by atoms with Crippen molar-refractivity contribution in [2.75, 3.05) is 0 Å². The van der Waals surface area contributed by atoms with Gasteiger partial charge in [0.05, 0.1) is 11.6 Å². The molecule has 10 heteroatoms. The molecule has 1 aromatic heterocycles. The van der Waals surface area contributed by atoms with E-state index in [4.69, 9.17) is 0 Å². The number of nitrogens with zero attached hydrogens (tertiary/aromatic N) is 3. The van der Waals surface area contributed by atoms with Gasteiger partial charge in [-0.25, -0.2) is 0 Å². The predicted molar refractivity (Wildman–Crippen MR) is 87.0 cm³/mol. The summed E-state index contributed by atoms with van der Waals surface area (Å²) in [6, 6.07) is 4.68. The van der Waals surface area contributed by atoms with Crippen LogP contribution >= 0.6 is 0 Å². The zero-order valence-corrected chi connectivity index (χ0v) is 14.8. The second-order valence-electron chi connectivity index (χ2n) is 6.73. The van der Waals surface area contributed by atoms with Crippen LogP contribution in [0.15, 0.2) is 36.5 Å². The van der Waals surface area contributed by atoms with E-state index in [1.165, 1.54) is 17.0 Å². The molecule has 0 saturated heterocycles. The normalized spacial score (nSPS) is 16.1. The molecule has 0 spiro atoms. The van der Waals surface area contributed by atoms with Crippen molar-refractivity contribution >= 4 is 5.91 Å². The van der Waals surface area contributed by atoms with Crippen molar-refractivity contribution in [1.29, 1.82) is 0 Å². The minimum Gasteiger partial charge on any atom is -0.331 e. The smallest absolute Gasteiger partial charge is 0.331 e. The fraction of sp³-hybridized carbons (Fsp3) is 0.444. The summed E-state index contributed by atoms with van der Waals surface area (Å²) in [6.07, 6.45) is -6.67. The highest BCUT2D eigenvalue weighted by Crippen LogP contribution is 2.37. The van der Waals surface area contributed by atoms with Gasteiger partial charge in [0.1, 0.15) is 6.54 Å². The van der Waals surface area contributed by atoms with Gasteiger partial charge >= 0.3 is 12.4 Å². The van der Waals surface area contributed by atoms with Crippen molar-refractivity contribution in [2.45, 2.75) is 50.7 Å². The van der Waals surface area contributed by atoms with Gasteiger partial charge in [0, 0.05) is 12.2 Å². The molecule has 152 valence electrons. The first-order valence-corrected chi connectivity index (χ1v) is 8.56. The summed E-state index contributed by atoms with van der Waals surface area (Å²) in [5.74, 6) is -0.496. The highest BCUT2D eigenvalue weighted by Gasteiger charge is 2.38. The van der Waals surface area contributed by atoms with Crippen LogP contribution in [0.4, 0.5) is 26.3 Å². The lowest BCUT2D eigenvalue weighted by atomic mass is 10.0. The molecule has 3 rings (SSSR count). The fourth-order valence-electron chi connectivity index (χ4n) is 3.05. The molecule has 1 unspecified atom stereocenters. The Morgan fingerprint density at radius 2 is 1.86 bits per heavy atom. The molecule has 1 aromatic carbocycles. The second-order valence-corrected chi connectivity index (χ2v) is 6.73. The van der Waals surface area contributed by atoms with Gasteiger partial charge in [-0.05, 0) is 43.5 Å². The molecule has 1 amide bonds. The van der Waals surface area contributed by atoms with Crippen LogP contribution in [-0.2, 0) is 23.7 Å². The Morgan fingerprint density at radius 1 is 1.18 bits per heavy atom. The quantitative estimate of drug-likeness (QED) is 0.678. The Balaban J connectivity index is 1.80. The van der Waals surface area contributed by atoms with Crippen molar-refractivity contribution in [3.8, 4) is 0 Å². The standard InChI is InChI=1S/C18H17F6N3O/c1-11(12-3-2-4-13(9-12)17(19,20)21)27(14-5-6-14)16(28)10-26-8-7-15(25-26)18(22,23)24/h2-4,7-9,11,14H,5-6,10H2,1H3. The van der Waals surface area contributed by atoms with Crippen molar-refractivity contribution in [3.63, 3.8) is 0 Å². The number of halogens is 6. The predicted octanol–water partition coefficient (Wildman–Crippen LogP) is 4.67. The first-order valence-electron chi connectivity index (χ1n) is 8.56. The summed E-state index contributed by atoms with van der Waals surface area (Å²) in [5, 5.41) is 3.36. The molecule has 4 nitrogen and oxygen atoms in total. The van der Waals surface area contributed by atoms with Gasteiger partial charge in [-0.3, -0.25) is 9.48 Å². The van der Waals surface area contributed by atoms with Crippen molar-refractivity contribution in [1.82, 2.24) is 14.7 Å². The van der Waals surface area contributed by atoms with Crippen LogP contribution < -0.4 is 0 Å². The Labute approximate surface area is 156 Å². The molecule has 28 heavy (non-hydrogen) atoms. The summed E-state index contributed by atoms with van der Waals surface area (Å²) < 4.78 is 77.7. The van der Waals surface area contributed by atoms with E-state index < -0.39 is 42.1 Å². The largest absolute Gasteiger partial charge is 0.435 e. The van der Waals surface area contributed by atoms with Crippen molar-refractivity contribution < 1.29 is 31.1 Å². The third-order valence-corrected chi connectivity index (χ3v) is 4.57. The highest BCUT2D eigenvalue weighted by atomic mass is 19.4. The molecule has 1 heterocycles. The lowest BCUT2D eigenvalue weighted by Gasteiger charge is -2.30. The SMILES string of the molecule is CC(c1cccc(C(F)(F)F)c1)N(C(=O)Cn1ccc(C(F)(F)F)n1)C1CC1. The number of hydrogen-bond donors (Lipinski definition) is 0. The van der Waals surface area contributed by atoms with Gasteiger partial charge in [0.25, 0.3) is 0 Å². The van der Waals surface area contributed by atoms with Gasteiger partial charge in [0.15, 0.2) is 5.69 Å². The van der Waals surface area contributed by atoms with Crippen LogP contribution in [0.3, 0.4) is 0 Å². The number of amides is 1. The third-order valence-electron chi connectivity index (χ3n) is 4.57. The molecular formula is C18H17F6N3O. The first-order chi connectivity index (χ1) is 13.0. The first kappa shape index (κ1) is 20.2. The van der Waals surface area contributed by atoms with E-state index in [0.717, 1.165) is 29.1 Å². The van der Waals surface area contributed by atoms with Gasteiger partial charge in [-0.2, -0.15) is 31.4 Å². The molecule has 1 aliphatic rings. The van der Waals surface area contributed by atoms with Gasteiger partial charge in [-0.1, -0.05) is 12.1 Å². The Morgan fingerprint density at radius 3 is 2.39 bits per heavy atom. The topological polar surface area (TPSA) is 38.1 Å². The van der Waals surface area contributed by atoms with Crippen LogP contribution in [0.2, 0.25) is 0 Å². The number of carbonyl (C=O) groups excluding carboxylic acids is 1. The minimum atomic E-state index is -4.62. The summed E-state index contributed by atoms with van der Waals surface area (Å²) >= 11 is 0. The van der Waals surface area contributed by atoms with E-state index in [0.29, 0.717) is 18.4 Å². The van der Waals surface area contributed by atoms with E-state index in [2.05, 4.69) is 5.10 Å². The molecule has 0 N–H and O–H groups in total. The molecule has 1 fully saturated rings. The number of aromatic nitrogens is 2. The van der Waals surface area contributed by atoms with Gasteiger partial charge in [0.2, 0.25) is 5.91 Å². The maximum atomic E-state index is 13.0. The zero-order chi connectivity index (χ0) is 20.7. The van der Waals surface area contributed by atoms with Crippen molar-refractivity contribution in [2.24, 2.45) is 0 Å². The van der Waals surface area contributed by atoms with E-state index in [1.54, 1.807) is 6.92 Å². The Hall–Kier alpha value is -2.52. The molecular weight excluding hydrogens is 388 g/mol. The van der Waals surface area contributed by atoms with Crippen LogP contribution in [-0.4, -0.2) is 26.6 Å². The highest BCUT2D eigenvalue weighted by molar-refractivity contribution is 5.77. The van der Waals surface area contributed by atoms with E-state index in [9.17, 15) is 31.1 Å². The monoisotopic (exact) mass is 405 g/mol. The lowest BCUT2D eigenvalue weighted by Crippen LogP contribution is -2.38. The van der Waals surface area contributed by atoms with Crippen LogP contribution in [0.5, 0.6) is 0 Å². The van der Waals surface area contributed by atoms with Crippen LogP contribution in [0.1, 0.15) is 42.6 Å². The molecule has 1 saturated carbocycles. The number of hydrogen-bond acceptors (Lipinski definition) is 2. The minimum absolute atomic E-state index is 0.144. The molecule has 0 radical (unpaired) electrons. The van der Waals surface area contributed by atoms with E-state index in [1.807, 2.05) is 0 Å². The molecule has 0 bridgehead atoms. The Kier molecular flexibility index (Phi) is 5.16. The summed E-state index contributed by atoms with van der Waals surface area (Å²) in [5.41, 5.74) is -1.61. The van der Waals surface area contributed by atoms with Gasteiger partial charge in [-0.15, -0.1) is 0 Å². The number of benzene rings is 1. The van der Waals surface area contributed by atoms with E-state index >= 15 is 0 Å². The number of rotatable bonds is 5. The molecule has 2 aromatic rings. The Bertz CT molecular complexity index is 853. The number of alkyl halides is 6.